The number of carboxylic acids is 1. The largest absolute Gasteiger partial charge is 1.00 e. The molecular weight excluding hydrogens is 263 g/mol. The Bertz CT molecular complexity index is 501. The number of carboxylic acid groups (broad SMARTS) is 1. The van der Waals surface area contributed by atoms with Gasteiger partial charge in [-0.15, -0.1) is 0 Å². The minimum Gasteiger partial charge on any atom is -0.867 e. The summed E-state index contributed by atoms with van der Waals surface area (Å²) in [6, 6.07) is 1.28. The van der Waals surface area contributed by atoms with Crippen LogP contribution in [0.25, 0.3) is 0 Å². The second kappa shape index (κ2) is 6.02. The van der Waals surface area contributed by atoms with Crippen molar-refractivity contribution in [3.8, 4) is 5.75 Å². The molecule has 9 nitrogen and oxygen atoms in total. The molecule has 0 aliphatic heterocycles. The van der Waals surface area contributed by atoms with Crippen molar-refractivity contribution in [3.63, 3.8) is 0 Å². The van der Waals surface area contributed by atoms with Crippen molar-refractivity contribution in [3.05, 3.63) is 37.9 Å². The first-order valence-corrected chi connectivity index (χ1v) is 3.72. The molecule has 1 N–H and O–H groups in total. The molecule has 0 aromatic heterocycles. The van der Waals surface area contributed by atoms with Gasteiger partial charge >= 0.3 is 68.7 Å². The van der Waals surface area contributed by atoms with Crippen LogP contribution < -0.4 is 56.5 Å². The Hall–Kier alpha value is -1.07. The second-order valence-electron chi connectivity index (χ2n) is 2.63. The van der Waals surface area contributed by atoms with Gasteiger partial charge in [0.05, 0.1) is 15.4 Å². The summed E-state index contributed by atoms with van der Waals surface area (Å²) >= 11 is 0. The Morgan fingerprint density at radius 1 is 1.18 bits per heavy atom. The minimum absolute atomic E-state index is 0. The van der Waals surface area contributed by atoms with Crippen molar-refractivity contribution in [2.24, 2.45) is 0 Å². The van der Waals surface area contributed by atoms with Gasteiger partial charge < -0.3 is 10.2 Å². The van der Waals surface area contributed by atoms with E-state index in [9.17, 15) is 30.1 Å². The van der Waals surface area contributed by atoms with Gasteiger partial charge in [-0.1, -0.05) is 0 Å². The number of hydrogen-bond acceptors (Lipinski definition) is 6. The van der Waals surface area contributed by atoms with Gasteiger partial charge in [0.15, 0.2) is 0 Å². The Morgan fingerprint density at radius 3 is 2.06 bits per heavy atom. The van der Waals surface area contributed by atoms with E-state index in [0.29, 0.717) is 12.1 Å². The molecule has 0 aliphatic rings. The van der Waals surface area contributed by atoms with E-state index in [1.54, 1.807) is 0 Å². The summed E-state index contributed by atoms with van der Waals surface area (Å²) in [5.41, 5.74) is -3.25. The SMILES string of the molecule is O=C(O)c1ccc([N+](=O)[O-])c([N+](=O)[O-])c1[O-].[K+]. The fourth-order valence-electron chi connectivity index (χ4n) is 1.05. The molecule has 0 saturated carbocycles. The molecule has 0 amide bonds. The Labute approximate surface area is 136 Å². The zero-order valence-electron chi connectivity index (χ0n) is 8.45. The zero-order valence-corrected chi connectivity index (χ0v) is 11.6. The molecule has 1 rings (SSSR count). The van der Waals surface area contributed by atoms with Crippen molar-refractivity contribution in [2.75, 3.05) is 0 Å². The molecule has 0 atom stereocenters. The summed E-state index contributed by atoms with van der Waals surface area (Å²) in [5.74, 6) is -3.16. The number of benzene rings is 1. The summed E-state index contributed by atoms with van der Waals surface area (Å²) < 4.78 is 0. The Kier molecular flexibility index (Phi) is 5.64. The van der Waals surface area contributed by atoms with Crippen LogP contribution in [-0.4, -0.2) is 20.9 Å². The van der Waals surface area contributed by atoms with Gasteiger partial charge in [0.1, 0.15) is 0 Å². The molecule has 0 spiro atoms. The maximum absolute atomic E-state index is 11.3. The predicted octanol–water partition coefficient (Wildman–Crippen LogP) is -2.72. The van der Waals surface area contributed by atoms with Gasteiger partial charge in [-0.3, -0.25) is 20.2 Å². The minimum atomic E-state index is -1.68. The Balaban J connectivity index is 0.00000256. The second-order valence-corrected chi connectivity index (χ2v) is 2.63. The van der Waals surface area contributed by atoms with Crippen molar-refractivity contribution in [1.29, 1.82) is 0 Å². The molecule has 0 heterocycles. The van der Waals surface area contributed by atoms with E-state index in [0.717, 1.165) is 0 Å². The summed E-state index contributed by atoms with van der Waals surface area (Å²) in [7, 11) is 0. The number of rotatable bonds is 3. The van der Waals surface area contributed by atoms with Crippen molar-refractivity contribution in [2.45, 2.75) is 0 Å². The normalized spacial score (nSPS) is 9.18. The van der Waals surface area contributed by atoms with E-state index < -0.39 is 38.5 Å². The number of nitrogens with zero attached hydrogens (tertiary/aromatic N) is 2. The number of nitro groups is 2. The third kappa shape index (κ3) is 3.20. The van der Waals surface area contributed by atoms with E-state index in [1.165, 1.54) is 0 Å². The average Bonchev–Trinajstić information content (AvgIpc) is 2.15. The van der Waals surface area contributed by atoms with Gasteiger partial charge in [0.2, 0.25) is 0 Å². The summed E-state index contributed by atoms with van der Waals surface area (Å²) in [6.45, 7) is 0. The third-order valence-corrected chi connectivity index (χ3v) is 1.72. The van der Waals surface area contributed by atoms with Crippen LogP contribution in [0.2, 0.25) is 0 Å². The molecule has 1 aromatic carbocycles. The number of nitro benzene ring substituents is 2. The van der Waals surface area contributed by atoms with Gasteiger partial charge in [0.25, 0.3) is 0 Å². The van der Waals surface area contributed by atoms with Crippen LogP contribution in [0.3, 0.4) is 0 Å². The van der Waals surface area contributed by atoms with Crippen molar-refractivity contribution < 1.29 is 76.2 Å². The van der Waals surface area contributed by atoms with Crippen LogP contribution in [0.5, 0.6) is 5.75 Å². The molecule has 17 heavy (non-hydrogen) atoms. The van der Waals surface area contributed by atoms with E-state index in [-0.39, 0.29) is 51.4 Å². The van der Waals surface area contributed by atoms with Crippen molar-refractivity contribution >= 4 is 17.3 Å². The zero-order chi connectivity index (χ0) is 12.5. The van der Waals surface area contributed by atoms with Gasteiger partial charge in [-0.05, 0) is 11.8 Å². The fourth-order valence-corrected chi connectivity index (χ4v) is 1.05. The summed E-state index contributed by atoms with van der Waals surface area (Å²) in [4.78, 5) is 28.9. The van der Waals surface area contributed by atoms with E-state index >= 15 is 0 Å². The molecule has 0 fully saturated rings. The van der Waals surface area contributed by atoms with Gasteiger partial charge in [-0.25, -0.2) is 4.79 Å². The van der Waals surface area contributed by atoms with E-state index in [2.05, 4.69) is 0 Å². The number of aromatic carboxylic acids is 1. The molecule has 0 unspecified atom stereocenters. The van der Waals surface area contributed by atoms with Gasteiger partial charge in [0, 0.05) is 6.07 Å². The monoisotopic (exact) mass is 266 g/mol. The fraction of sp³-hybridized carbons (Fsp3) is 0. The number of hydrogen-bond donors (Lipinski definition) is 1. The first kappa shape index (κ1) is 15.9. The molecule has 84 valence electrons. The maximum Gasteiger partial charge on any atom is 1.00 e. The molecule has 0 aliphatic carbocycles. The van der Waals surface area contributed by atoms with E-state index in [4.69, 9.17) is 5.11 Å². The first-order chi connectivity index (χ1) is 7.36. The molecule has 1 aromatic rings. The molecule has 0 saturated heterocycles. The maximum atomic E-state index is 11.3. The van der Waals surface area contributed by atoms with Crippen LogP contribution in [0.1, 0.15) is 10.4 Å². The van der Waals surface area contributed by atoms with Crippen LogP contribution in [0, 0.1) is 20.2 Å². The average molecular weight is 266 g/mol. The topological polar surface area (TPSA) is 147 Å². The van der Waals surface area contributed by atoms with Crippen LogP contribution in [0.4, 0.5) is 11.4 Å². The Morgan fingerprint density at radius 2 is 1.71 bits per heavy atom. The smallest absolute Gasteiger partial charge is 0.867 e. The molecule has 0 bridgehead atoms. The number of carbonyl (C=O) groups is 1. The molecule has 0 radical (unpaired) electrons. The van der Waals surface area contributed by atoms with Crippen LogP contribution in [0.15, 0.2) is 12.1 Å². The first-order valence-electron chi connectivity index (χ1n) is 3.72. The summed E-state index contributed by atoms with van der Waals surface area (Å²) in [6.07, 6.45) is 0. The van der Waals surface area contributed by atoms with Crippen LogP contribution in [-0.2, 0) is 0 Å². The quantitative estimate of drug-likeness (QED) is 0.355. The predicted molar refractivity (Wildman–Crippen MR) is 46.2 cm³/mol. The van der Waals surface area contributed by atoms with Crippen LogP contribution >= 0.6 is 0 Å². The molecule has 10 heteroatoms. The van der Waals surface area contributed by atoms with Gasteiger partial charge in [-0.2, -0.15) is 0 Å². The standard InChI is InChI=1S/C7H4N2O7.K/c10-6-3(7(11)12)1-2-4(8(13)14)5(6)9(15)16;/h1-2,10H,(H,11,12);/q;+1/p-1. The summed E-state index contributed by atoms with van der Waals surface area (Å²) in [5, 5.41) is 40.6. The van der Waals surface area contributed by atoms with E-state index in [1.807, 2.05) is 0 Å². The third-order valence-electron chi connectivity index (χ3n) is 1.72. The molecular formula is C7H3KN2O7. The van der Waals surface area contributed by atoms with Crippen molar-refractivity contribution in [1.82, 2.24) is 0 Å².